The highest BCUT2D eigenvalue weighted by atomic mass is 19.1. The van der Waals surface area contributed by atoms with Crippen molar-refractivity contribution in [1.29, 1.82) is 5.26 Å². The third-order valence-corrected chi connectivity index (χ3v) is 6.49. The second-order valence-corrected chi connectivity index (χ2v) is 9.29. The van der Waals surface area contributed by atoms with Gasteiger partial charge in [-0.2, -0.15) is 5.26 Å². The summed E-state index contributed by atoms with van der Waals surface area (Å²) in [7, 11) is 0. The van der Waals surface area contributed by atoms with Gasteiger partial charge in [0.15, 0.2) is 5.58 Å². The second kappa shape index (κ2) is 13.3. The molecule has 1 aliphatic rings. The first-order chi connectivity index (χ1) is 18.5. The summed E-state index contributed by atoms with van der Waals surface area (Å²) in [4.78, 5) is 24.9. The Balaban J connectivity index is 1.46. The first-order valence-corrected chi connectivity index (χ1v) is 13.0. The number of fused-ring (bicyclic) bond motifs is 1. The molecule has 2 N–H and O–H groups in total. The van der Waals surface area contributed by atoms with E-state index in [-0.39, 0.29) is 6.42 Å². The van der Waals surface area contributed by atoms with Crippen molar-refractivity contribution in [1.82, 2.24) is 15.2 Å². The number of aromatic nitrogens is 1. The number of halogens is 1. The number of hydrogen-bond acceptors (Lipinski definition) is 7. The Bertz CT molecular complexity index is 1340. The summed E-state index contributed by atoms with van der Waals surface area (Å²) in [5.41, 5.74) is 2.70. The van der Waals surface area contributed by atoms with Crippen LogP contribution < -0.4 is 16.4 Å². The van der Waals surface area contributed by atoms with Crippen LogP contribution in [0.25, 0.3) is 22.2 Å². The molecule has 3 aromatic rings. The Labute approximate surface area is 220 Å². The number of oxazole rings is 1. The van der Waals surface area contributed by atoms with Crippen molar-refractivity contribution < 1.29 is 23.1 Å². The van der Waals surface area contributed by atoms with Crippen LogP contribution >= 0.6 is 0 Å². The molecule has 0 radical (unpaired) electrons. The van der Waals surface area contributed by atoms with Gasteiger partial charge in [-0.15, -0.1) is 0 Å². The molecule has 0 aliphatic carbocycles. The molecule has 1 fully saturated rings. The summed E-state index contributed by atoms with van der Waals surface area (Å²) in [6.45, 7) is 5.07. The number of carbonyl (C=O) groups is 1. The quantitative estimate of drug-likeness (QED) is 0.370. The molecule has 0 unspecified atom stereocenters. The zero-order valence-electron chi connectivity index (χ0n) is 21.5. The number of unbranched alkanes of at least 4 members (excludes halogenated alkanes) is 1. The van der Waals surface area contributed by atoms with E-state index in [4.69, 9.17) is 13.9 Å². The number of nitrogens with one attached hydrogen (secondary N) is 2. The first-order valence-electron chi connectivity index (χ1n) is 13.0. The fourth-order valence-corrected chi connectivity index (χ4v) is 4.35. The van der Waals surface area contributed by atoms with Crippen molar-refractivity contribution >= 4 is 17.0 Å². The minimum Gasteiger partial charge on any atom is -0.408 e. The second-order valence-electron chi connectivity index (χ2n) is 9.29. The van der Waals surface area contributed by atoms with Crippen molar-refractivity contribution in [3.05, 3.63) is 58.3 Å². The summed E-state index contributed by atoms with van der Waals surface area (Å²) in [5, 5.41) is 15.3. The van der Waals surface area contributed by atoms with E-state index in [9.17, 15) is 14.9 Å². The molecular weight excluding hydrogens is 491 g/mol. The van der Waals surface area contributed by atoms with Gasteiger partial charge in [-0.3, -0.25) is 9.36 Å². The van der Waals surface area contributed by atoms with Gasteiger partial charge in [-0.1, -0.05) is 31.5 Å². The number of nitrogens with zero attached hydrogens (tertiary/aromatic N) is 2. The third kappa shape index (κ3) is 6.86. The van der Waals surface area contributed by atoms with Crippen molar-refractivity contribution in [3.8, 4) is 17.2 Å². The molecule has 1 aromatic heterocycles. The molecule has 2 atom stereocenters. The topological polar surface area (TPSA) is 119 Å². The van der Waals surface area contributed by atoms with Crippen LogP contribution in [0.4, 0.5) is 4.39 Å². The number of ether oxygens (including phenoxy) is 2. The molecule has 202 valence electrons. The highest BCUT2D eigenvalue weighted by Crippen LogP contribution is 2.26. The molecule has 1 aliphatic heterocycles. The van der Waals surface area contributed by atoms with Crippen molar-refractivity contribution in [3.63, 3.8) is 0 Å². The van der Waals surface area contributed by atoms with E-state index in [2.05, 4.69) is 17.6 Å². The standard InChI is InChI=1S/C28H33FN4O5/c1-2-3-11-36-13-10-33-24-16-20(7-8-25(24)38-28(33)35)19-5-6-21(23(29)15-19)14-22(17-30)32-27(34)26-18-31-9-4-12-37-26/h5-8,15-16,22,26,31H,2-4,9-14,18H2,1H3,(H,32,34)/t22-,26-/m0/s1. The Morgan fingerprint density at radius 3 is 2.89 bits per heavy atom. The van der Waals surface area contributed by atoms with Crippen LogP contribution in [0, 0.1) is 17.1 Å². The maximum absolute atomic E-state index is 15.1. The first kappa shape index (κ1) is 27.5. The lowest BCUT2D eigenvalue weighted by atomic mass is 10.00. The monoisotopic (exact) mass is 524 g/mol. The molecule has 0 bridgehead atoms. The fraction of sp³-hybridized carbons (Fsp3) is 0.464. The maximum atomic E-state index is 15.1. The largest absolute Gasteiger partial charge is 0.420 e. The molecular formula is C28H33FN4O5. The number of benzene rings is 2. The molecule has 0 spiro atoms. The van der Waals surface area contributed by atoms with Crippen LogP contribution in [-0.4, -0.2) is 55.5 Å². The van der Waals surface area contributed by atoms with Crippen LogP contribution in [0.5, 0.6) is 0 Å². The Kier molecular flexibility index (Phi) is 9.65. The van der Waals surface area contributed by atoms with Gasteiger partial charge in [0.1, 0.15) is 18.0 Å². The predicted molar refractivity (Wildman–Crippen MR) is 140 cm³/mol. The van der Waals surface area contributed by atoms with Crippen LogP contribution in [0.3, 0.4) is 0 Å². The number of hydrogen-bond donors (Lipinski definition) is 2. The minimum absolute atomic E-state index is 0.0207. The van der Waals surface area contributed by atoms with Crippen LogP contribution in [0.15, 0.2) is 45.6 Å². The lowest BCUT2D eigenvalue weighted by Gasteiger charge is -2.18. The van der Waals surface area contributed by atoms with Crippen LogP contribution in [0.2, 0.25) is 0 Å². The van der Waals surface area contributed by atoms with Gasteiger partial charge >= 0.3 is 5.76 Å². The van der Waals surface area contributed by atoms with E-state index in [1.165, 1.54) is 10.6 Å². The third-order valence-electron chi connectivity index (χ3n) is 6.49. The molecule has 4 rings (SSSR count). The number of rotatable bonds is 11. The minimum atomic E-state index is -0.897. The van der Waals surface area contributed by atoms with Gasteiger partial charge < -0.3 is 24.5 Å². The number of nitriles is 1. The highest BCUT2D eigenvalue weighted by Gasteiger charge is 2.24. The van der Waals surface area contributed by atoms with Crippen LogP contribution in [0.1, 0.15) is 31.7 Å². The lowest BCUT2D eigenvalue weighted by Crippen LogP contribution is -2.46. The van der Waals surface area contributed by atoms with E-state index in [0.717, 1.165) is 25.8 Å². The summed E-state index contributed by atoms with van der Waals surface area (Å²) in [6, 6.07) is 11.1. The van der Waals surface area contributed by atoms with E-state index in [0.29, 0.717) is 60.7 Å². The van der Waals surface area contributed by atoms with Gasteiger partial charge in [-0.05, 0) is 54.3 Å². The smallest absolute Gasteiger partial charge is 0.408 e. The average Bonchev–Trinajstić information content (AvgIpc) is 3.07. The molecule has 0 saturated carbocycles. The number of carbonyl (C=O) groups excluding carboxylic acids is 1. The summed E-state index contributed by atoms with van der Waals surface area (Å²) in [5.74, 6) is -1.34. The summed E-state index contributed by atoms with van der Waals surface area (Å²) in [6.07, 6.45) is 2.14. The van der Waals surface area contributed by atoms with E-state index in [1.807, 2.05) is 6.07 Å². The van der Waals surface area contributed by atoms with Gasteiger partial charge in [0.25, 0.3) is 5.91 Å². The normalized spacial score (nSPS) is 16.6. The maximum Gasteiger partial charge on any atom is 0.420 e. The van der Waals surface area contributed by atoms with E-state index in [1.54, 1.807) is 30.3 Å². The number of amides is 1. The predicted octanol–water partition coefficient (Wildman–Crippen LogP) is 3.15. The Morgan fingerprint density at radius 2 is 2.11 bits per heavy atom. The SMILES string of the molecule is CCCCOCCn1c(=O)oc2ccc(-c3ccc(C[C@@H](C#N)NC(=O)[C@@H]4CNCCCO4)c(F)c3)cc21. The molecule has 2 heterocycles. The van der Waals surface area contributed by atoms with E-state index >= 15 is 4.39 Å². The molecule has 9 nitrogen and oxygen atoms in total. The zero-order chi connectivity index (χ0) is 26.9. The van der Waals surface area contributed by atoms with Gasteiger partial charge in [0.05, 0.1) is 24.7 Å². The Morgan fingerprint density at radius 1 is 1.29 bits per heavy atom. The summed E-state index contributed by atoms with van der Waals surface area (Å²) >= 11 is 0. The highest BCUT2D eigenvalue weighted by molar-refractivity contribution is 5.82. The van der Waals surface area contributed by atoms with Gasteiger partial charge in [0, 0.05) is 26.2 Å². The molecule has 38 heavy (non-hydrogen) atoms. The zero-order valence-corrected chi connectivity index (χ0v) is 21.5. The van der Waals surface area contributed by atoms with E-state index < -0.39 is 29.6 Å². The summed E-state index contributed by atoms with van der Waals surface area (Å²) < 4.78 is 33.1. The average molecular weight is 525 g/mol. The van der Waals surface area contributed by atoms with Crippen molar-refractivity contribution in [2.24, 2.45) is 0 Å². The lowest BCUT2D eigenvalue weighted by molar-refractivity contribution is -0.132. The van der Waals surface area contributed by atoms with Crippen molar-refractivity contribution in [2.45, 2.75) is 51.3 Å². The van der Waals surface area contributed by atoms with Gasteiger partial charge in [0.2, 0.25) is 0 Å². The van der Waals surface area contributed by atoms with Crippen LogP contribution in [-0.2, 0) is 27.2 Å². The van der Waals surface area contributed by atoms with Gasteiger partial charge in [-0.25, -0.2) is 9.18 Å². The Hall–Kier alpha value is -3.52. The molecule has 2 aromatic carbocycles. The molecule has 1 amide bonds. The van der Waals surface area contributed by atoms with Crippen molar-refractivity contribution in [2.75, 3.05) is 32.9 Å². The molecule has 10 heteroatoms. The molecule has 1 saturated heterocycles. The fourth-order valence-electron chi connectivity index (χ4n) is 4.35.